The molecule has 0 aromatic heterocycles. The second kappa shape index (κ2) is 8.46. The first-order valence-corrected chi connectivity index (χ1v) is 11.6. The zero-order valence-corrected chi connectivity index (χ0v) is 17.2. The maximum absolute atomic E-state index is 13.3. The minimum atomic E-state index is -0.221. The van der Waals surface area contributed by atoms with Crippen LogP contribution < -0.4 is 0 Å². The fourth-order valence-electron chi connectivity index (χ4n) is 5.46. The number of methoxy groups -OCH3 is 1. The number of hydrogen-bond acceptors (Lipinski definition) is 4. The van der Waals surface area contributed by atoms with E-state index < -0.39 is 0 Å². The molecule has 2 amide bonds. The number of piperidine rings is 2. The molecule has 0 bridgehead atoms. The first kappa shape index (κ1) is 19.2. The summed E-state index contributed by atoms with van der Waals surface area (Å²) in [4.78, 5) is 30.3. The third kappa shape index (κ3) is 4.01. The minimum Gasteiger partial charge on any atom is -0.453 e. The van der Waals surface area contributed by atoms with E-state index in [2.05, 4.69) is 11.0 Å². The molecule has 3 fully saturated rings. The lowest BCUT2D eigenvalue weighted by molar-refractivity contribution is -0.139. The van der Waals surface area contributed by atoms with E-state index in [4.69, 9.17) is 4.74 Å². The van der Waals surface area contributed by atoms with Crippen molar-refractivity contribution in [3.8, 4) is 0 Å². The van der Waals surface area contributed by atoms with Crippen LogP contribution in [0.15, 0.2) is 11.0 Å². The van der Waals surface area contributed by atoms with Crippen molar-refractivity contribution in [2.45, 2.75) is 57.4 Å². The molecule has 2 saturated heterocycles. The number of nitrogens with zero attached hydrogens (tertiary/aromatic N) is 2. The predicted molar refractivity (Wildman–Crippen MR) is 107 cm³/mol. The molecule has 5 nitrogen and oxygen atoms in total. The Kier molecular flexibility index (Phi) is 6.00. The van der Waals surface area contributed by atoms with Crippen LogP contribution in [0.4, 0.5) is 4.79 Å². The first-order valence-electron chi connectivity index (χ1n) is 10.6. The SMILES string of the molecule is COC(=O)N1CCC(C2=CC(C(=O)N3CCCC4CCCCC43)CS2)CC1. The lowest BCUT2D eigenvalue weighted by atomic mass is 9.78. The molecule has 4 rings (SSSR count). The zero-order chi connectivity index (χ0) is 18.8. The average Bonchev–Trinajstić information content (AvgIpc) is 3.22. The Morgan fingerprint density at radius 1 is 1.04 bits per heavy atom. The summed E-state index contributed by atoms with van der Waals surface area (Å²) in [7, 11) is 1.44. The van der Waals surface area contributed by atoms with Gasteiger partial charge in [0.05, 0.1) is 13.0 Å². The topological polar surface area (TPSA) is 49.9 Å². The quantitative estimate of drug-likeness (QED) is 0.715. The average molecular weight is 393 g/mol. The number of allylic oxidation sites excluding steroid dienone is 1. The van der Waals surface area contributed by atoms with Crippen molar-refractivity contribution in [2.24, 2.45) is 17.8 Å². The van der Waals surface area contributed by atoms with Crippen molar-refractivity contribution >= 4 is 23.8 Å². The van der Waals surface area contributed by atoms with E-state index in [1.165, 1.54) is 50.5 Å². The highest BCUT2D eigenvalue weighted by molar-refractivity contribution is 8.03. The summed E-state index contributed by atoms with van der Waals surface area (Å²) in [5, 5.41) is 0. The molecule has 3 unspecified atom stereocenters. The maximum atomic E-state index is 13.3. The fraction of sp³-hybridized carbons (Fsp3) is 0.810. The molecule has 0 aromatic rings. The van der Waals surface area contributed by atoms with Crippen LogP contribution in [0.2, 0.25) is 0 Å². The van der Waals surface area contributed by atoms with Gasteiger partial charge in [0.2, 0.25) is 5.91 Å². The van der Waals surface area contributed by atoms with Gasteiger partial charge in [0.25, 0.3) is 0 Å². The number of ether oxygens (including phenoxy) is 1. The zero-order valence-electron chi connectivity index (χ0n) is 16.4. The summed E-state index contributed by atoms with van der Waals surface area (Å²) in [6.45, 7) is 2.47. The number of carbonyl (C=O) groups excluding carboxylic acids is 2. The maximum Gasteiger partial charge on any atom is 0.409 e. The van der Waals surface area contributed by atoms with Crippen molar-refractivity contribution in [1.29, 1.82) is 0 Å². The Hall–Kier alpha value is -1.17. The van der Waals surface area contributed by atoms with Crippen LogP contribution in [0.1, 0.15) is 51.4 Å². The molecule has 4 aliphatic rings. The summed E-state index contributed by atoms with van der Waals surface area (Å²) in [5.41, 5.74) is 0. The number of rotatable bonds is 2. The van der Waals surface area contributed by atoms with Crippen LogP contribution in [0.3, 0.4) is 0 Å². The molecule has 3 atom stereocenters. The normalized spacial score (nSPS) is 32.0. The van der Waals surface area contributed by atoms with Crippen LogP contribution in [0.25, 0.3) is 0 Å². The Balaban J connectivity index is 1.36. The molecular formula is C21H32N2O3S. The molecule has 27 heavy (non-hydrogen) atoms. The van der Waals surface area contributed by atoms with Crippen molar-refractivity contribution in [3.63, 3.8) is 0 Å². The first-order chi connectivity index (χ1) is 13.2. The second-order valence-electron chi connectivity index (χ2n) is 8.50. The highest BCUT2D eigenvalue weighted by Crippen LogP contribution is 2.41. The molecule has 1 saturated carbocycles. The lowest BCUT2D eigenvalue weighted by Crippen LogP contribution is -2.51. The van der Waals surface area contributed by atoms with E-state index in [1.54, 1.807) is 4.90 Å². The van der Waals surface area contributed by atoms with Gasteiger partial charge in [-0.25, -0.2) is 4.79 Å². The molecule has 3 aliphatic heterocycles. The van der Waals surface area contributed by atoms with Gasteiger partial charge in [-0.2, -0.15) is 0 Å². The van der Waals surface area contributed by atoms with Crippen molar-refractivity contribution in [2.75, 3.05) is 32.5 Å². The Morgan fingerprint density at radius 2 is 1.78 bits per heavy atom. The smallest absolute Gasteiger partial charge is 0.409 e. The summed E-state index contributed by atoms with van der Waals surface area (Å²) in [6.07, 6.45) is 11.6. The van der Waals surface area contributed by atoms with Crippen molar-refractivity contribution < 1.29 is 14.3 Å². The number of hydrogen-bond donors (Lipinski definition) is 0. The number of fused-ring (bicyclic) bond motifs is 1. The van der Waals surface area contributed by atoms with Crippen molar-refractivity contribution in [1.82, 2.24) is 9.80 Å². The lowest BCUT2D eigenvalue weighted by Gasteiger charge is -2.44. The van der Waals surface area contributed by atoms with Gasteiger partial charge >= 0.3 is 6.09 Å². The molecule has 0 N–H and O–H groups in total. The van der Waals surface area contributed by atoms with E-state index in [1.807, 2.05) is 11.8 Å². The standard InChI is InChI=1S/C21H32N2O3S/c1-26-21(25)22-11-8-16(9-12-22)19-13-17(14-27-19)20(24)23-10-4-6-15-5-2-3-7-18(15)23/h13,15-18H,2-12,14H2,1H3. The van der Waals surface area contributed by atoms with Gasteiger partial charge < -0.3 is 14.5 Å². The van der Waals surface area contributed by atoms with Gasteiger partial charge in [0.1, 0.15) is 0 Å². The molecule has 0 radical (unpaired) electrons. The van der Waals surface area contributed by atoms with Crippen LogP contribution >= 0.6 is 11.8 Å². The van der Waals surface area contributed by atoms with Gasteiger partial charge in [-0.05, 0) is 55.3 Å². The van der Waals surface area contributed by atoms with Gasteiger partial charge in [-0.1, -0.05) is 18.9 Å². The monoisotopic (exact) mass is 392 g/mol. The summed E-state index contributed by atoms with van der Waals surface area (Å²) in [6, 6.07) is 0.505. The Morgan fingerprint density at radius 3 is 2.56 bits per heavy atom. The largest absolute Gasteiger partial charge is 0.453 e. The summed E-state index contributed by atoms with van der Waals surface area (Å²) in [5.74, 6) is 2.58. The minimum absolute atomic E-state index is 0.0595. The van der Waals surface area contributed by atoms with E-state index >= 15 is 0 Å². The van der Waals surface area contributed by atoms with Crippen LogP contribution in [-0.2, 0) is 9.53 Å². The van der Waals surface area contributed by atoms with E-state index in [0.717, 1.165) is 44.1 Å². The van der Waals surface area contributed by atoms with Gasteiger partial charge in [-0.15, -0.1) is 11.8 Å². The number of amides is 2. The molecule has 150 valence electrons. The Labute approximate surface area is 166 Å². The van der Waals surface area contributed by atoms with E-state index in [-0.39, 0.29) is 12.0 Å². The van der Waals surface area contributed by atoms with Crippen LogP contribution in [0.5, 0.6) is 0 Å². The predicted octanol–water partition coefficient (Wildman–Crippen LogP) is 3.89. The summed E-state index contributed by atoms with van der Waals surface area (Å²) < 4.78 is 4.83. The van der Waals surface area contributed by atoms with Gasteiger partial charge in [0.15, 0.2) is 0 Å². The van der Waals surface area contributed by atoms with Crippen LogP contribution in [-0.4, -0.2) is 60.3 Å². The molecule has 1 aliphatic carbocycles. The molecule has 0 aromatic carbocycles. The van der Waals surface area contributed by atoms with E-state index in [0.29, 0.717) is 17.9 Å². The second-order valence-corrected chi connectivity index (χ2v) is 9.60. The molecule has 6 heteroatoms. The number of carbonyl (C=O) groups is 2. The molecular weight excluding hydrogens is 360 g/mol. The number of likely N-dealkylation sites (tertiary alicyclic amines) is 2. The highest BCUT2D eigenvalue weighted by Gasteiger charge is 2.39. The summed E-state index contributed by atoms with van der Waals surface area (Å²) >= 11 is 1.87. The van der Waals surface area contributed by atoms with E-state index in [9.17, 15) is 9.59 Å². The Bertz CT molecular complexity index is 598. The third-order valence-corrected chi connectivity index (χ3v) is 8.30. The van der Waals surface area contributed by atoms with Crippen molar-refractivity contribution in [3.05, 3.63) is 11.0 Å². The molecule has 3 heterocycles. The fourth-order valence-corrected chi connectivity index (χ4v) is 6.81. The van der Waals surface area contributed by atoms with Crippen LogP contribution in [0, 0.1) is 17.8 Å². The number of thioether (sulfide) groups is 1. The highest BCUT2D eigenvalue weighted by atomic mass is 32.2. The molecule has 0 spiro atoms. The van der Waals surface area contributed by atoms with Gasteiger partial charge in [-0.3, -0.25) is 4.79 Å². The third-order valence-electron chi connectivity index (χ3n) is 6.97. The van der Waals surface area contributed by atoms with Gasteiger partial charge in [0, 0.05) is 31.4 Å².